The van der Waals surface area contributed by atoms with Crippen LogP contribution in [0.25, 0.3) is 0 Å². The van der Waals surface area contributed by atoms with Crippen molar-refractivity contribution in [2.75, 3.05) is 19.0 Å². The molecule has 0 radical (unpaired) electrons. The van der Waals surface area contributed by atoms with Gasteiger partial charge < -0.3 is 19.5 Å². The molecule has 0 saturated heterocycles. The molecule has 25 heavy (non-hydrogen) atoms. The minimum absolute atomic E-state index is 0.312. The van der Waals surface area contributed by atoms with Crippen LogP contribution in [0.2, 0.25) is 5.02 Å². The highest BCUT2D eigenvalue weighted by molar-refractivity contribution is 6.30. The minimum atomic E-state index is -0.996. The summed E-state index contributed by atoms with van der Waals surface area (Å²) in [5.41, 5.74) is 0. The van der Waals surface area contributed by atoms with Gasteiger partial charge in [-0.1, -0.05) is 11.6 Å². The Labute approximate surface area is 149 Å². The van der Waals surface area contributed by atoms with Gasteiger partial charge in [0.1, 0.15) is 17.3 Å². The van der Waals surface area contributed by atoms with Gasteiger partial charge in [0.25, 0.3) is 5.91 Å². The molecule has 1 N–H and O–H groups in total. The number of carbonyl (C=O) groups excluding carboxylic acids is 2. The molecule has 0 fully saturated rings. The van der Waals surface area contributed by atoms with E-state index in [9.17, 15) is 9.59 Å². The Hall–Kier alpha value is -2.80. The van der Waals surface area contributed by atoms with Crippen LogP contribution in [0, 0.1) is 0 Å². The summed E-state index contributed by atoms with van der Waals surface area (Å²) < 4.78 is 15.3. The topological polar surface area (TPSA) is 86.8 Å². The first-order chi connectivity index (χ1) is 12.0. The molecule has 0 aliphatic rings. The summed E-state index contributed by atoms with van der Waals surface area (Å²) >= 11 is 5.72. The average Bonchev–Trinajstić information content (AvgIpc) is 2.62. The number of rotatable bonds is 7. The molecule has 7 nitrogen and oxygen atoms in total. The normalized spacial score (nSPS) is 11.3. The van der Waals surface area contributed by atoms with Gasteiger partial charge in [0, 0.05) is 6.20 Å². The number of hydrogen-bond donors (Lipinski definition) is 1. The number of benzene rings is 1. The summed E-state index contributed by atoms with van der Waals surface area (Å²) in [6, 6.07) is 9.86. The Morgan fingerprint density at radius 3 is 2.44 bits per heavy atom. The third-order valence-electron chi connectivity index (χ3n) is 3.07. The number of nitrogens with one attached hydrogen (secondary N) is 1. The van der Waals surface area contributed by atoms with Gasteiger partial charge in [-0.3, -0.25) is 4.79 Å². The Morgan fingerprint density at radius 1 is 1.16 bits per heavy atom. The fraction of sp³-hybridized carbons (Fsp3) is 0.235. The highest BCUT2D eigenvalue weighted by atomic mass is 35.5. The fourth-order valence-corrected chi connectivity index (χ4v) is 1.89. The highest BCUT2D eigenvalue weighted by Crippen LogP contribution is 2.17. The van der Waals surface area contributed by atoms with Crippen molar-refractivity contribution in [2.45, 2.75) is 13.0 Å². The molecular weight excluding hydrogens is 348 g/mol. The molecule has 0 aliphatic carbocycles. The standard InChI is InChI=1S/C17H17ClN2O5/c1-11(17(22)20-15-8-3-12(18)9-19-15)25-16(21)10-24-14-6-4-13(23-2)5-7-14/h3-9,11H,10H2,1-2H3,(H,19,20,22)/t11-/m0/s1. The summed E-state index contributed by atoms with van der Waals surface area (Å²) in [5, 5.41) is 2.97. The van der Waals surface area contributed by atoms with Crippen LogP contribution in [0.3, 0.4) is 0 Å². The van der Waals surface area contributed by atoms with E-state index < -0.39 is 18.0 Å². The zero-order valence-electron chi connectivity index (χ0n) is 13.7. The van der Waals surface area contributed by atoms with E-state index in [-0.39, 0.29) is 6.61 Å². The van der Waals surface area contributed by atoms with Gasteiger partial charge in [-0.05, 0) is 43.3 Å². The predicted octanol–water partition coefficient (Wildman–Crippen LogP) is 2.69. The lowest BCUT2D eigenvalue weighted by Gasteiger charge is -2.13. The van der Waals surface area contributed by atoms with Crippen molar-refractivity contribution in [2.24, 2.45) is 0 Å². The lowest BCUT2D eigenvalue weighted by Crippen LogP contribution is -2.31. The molecule has 0 unspecified atom stereocenters. The maximum absolute atomic E-state index is 12.0. The molecule has 1 aromatic carbocycles. The number of nitrogens with zero attached hydrogens (tertiary/aromatic N) is 1. The van der Waals surface area contributed by atoms with Crippen molar-refractivity contribution in [3.05, 3.63) is 47.6 Å². The van der Waals surface area contributed by atoms with E-state index in [1.807, 2.05) is 0 Å². The molecule has 0 saturated carbocycles. The van der Waals surface area contributed by atoms with Crippen LogP contribution in [0.15, 0.2) is 42.6 Å². The second kappa shape index (κ2) is 8.89. The van der Waals surface area contributed by atoms with E-state index in [0.29, 0.717) is 22.3 Å². The molecule has 0 spiro atoms. The predicted molar refractivity (Wildman–Crippen MR) is 91.9 cm³/mol. The van der Waals surface area contributed by atoms with Gasteiger partial charge in [-0.2, -0.15) is 0 Å². The number of ether oxygens (including phenoxy) is 3. The monoisotopic (exact) mass is 364 g/mol. The number of halogens is 1. The molecule has 1 aromatic heterocycles. The minimum Gasteiger partial charge on any atom is -0.497 e. The number of hydrogen-bond acceptors (Lipinski definition) is 6. The number of esters is 1. The zero-order chi connectivity index (χ0) is 18.2. The van der Waals surface area contributed by atoms with Crippen molar-refractivity contribution in [1.29, 1.82) is 0 Å². The van der Waals surface area contributed by atoms with Gasteiger partial charge in [0.2, 0.25) is 0 Å². The fourth-order valence-electron chi connectivity index (χ4n) is 1.78. The Bertz CT molecular complexity index is 719. The van der Waals surface area contributed by atoms with Crippen LogP contribution in [0.5, 0.6) is 11.5 Å². The average molecular weight is 365 g/mol. The van der Waals surface area contributed by atoms with Crippen molar-refractivity contribution in [3.8, 4) is 11.5 Å². The molecule has 1 atom stereocenters. The molecule has 8 heteroatoms. The summed E-state index contributed by atoms with van der Waals surface area (Å²) in [4.78, 5) is 27.7. The van der Waals surface area contributed by atoms with E-state index in [4.69, 9.17) is 25.8 Å². The maximum atomic E-state index is 12.0. The molecule has 2 aromatic rings. The highest BCUT2D eigenvalue weighted by Gasteiger charge is 2.18. The zero-order valence-corrected chi connectivity index (χ0v) is 14.4. The molecule has 0 bridgehead atoms. The van der Waals surface area contributed by atoms with Gasteiger partial charge in [0.15, 0.2) is 12.7 Å². The van der Waals surface area contributed by atoms with Crippen LogP contribution in [-0.4, -0.2) is 36.7 Å². The Balaban J connectivity index is 1.78. The second-order valence-electron chi connectivity index (χ2n) is 4.95. The third kappa shape index (κ3) is 5.96. The first-order valence-corrected chi connectivity index (χ1v) is 7.74. The molecule has 2 rings (SSSR count). The molecule has 1 amide bonds. The van der Waals surface area contributed by atoms with E-state index in [2.05, 4.69) is 10.3 Å². The smallest absolute Gasteiger partial charge is 0.344 e. The van der Waals surface area contributed by atoms with Gasteiger partial charge in [-0.25, -0.2) is 9.78 Å². The van der Waals surface area contributed by atoms with Gasteiger partial charge in [-0.15, -0.1) is 0 Å². The van der Waals surface area contributed by atoms with Crippen molar-refractivity contribution in [1.82, 2.24) is 4.98 Å². The molecular formula is C17H17ClN2O5. The number of methoxy groups -OCH3 is 1. The van der Waals surface area contributed by atoms with Gasteiger partial charge >= 0.3 is 5.97 Å². The first-order valence-electron chi connectivity index (χ1n) is 7.36. The SMILES string of the molecule is COc1ccc(OCC(=O)O[C@@H](C)C(=O)Nc2ccc(Cl)cn2)cc1. The van der Waals surface area contributed by atoms with Crippen LogP contribution < -0.4 is 14.8 Å². The van der Waals surface area contributed by atoms with Crippen LogP contribution in [-0.2, 0) is 14.3 Å². The molecule has 0 aliphatic heterocycles. The Kier molecular flexibility index (Phi) is 6.59. The van der Waals surface area contributed by atoms with Crippen LogP contribution in [0.1, 0.15) is 6.92 Å². The van der Waals surface area contributed by atoms with Crippen LogP contribution in [0.4, 0.5) is 5.82 Å². The van der Waals surface area contributed by atoms with E-state index in [0.717, 1.165) is 0 Å². The van der Waals surface area contributed by atoms with Crippen molar-refractivity contribution < 1.29 is 23.8 Å². The number of anilines is 1. The summed E-state index contributed by atoms with van der Waals surface area (Å²) in [7, 11) is 1.55. The van der Waals surface area contributed by atoms with Crippen LogP contribution >= 0.6 is 11.6 Å². The summed E-state index contributed by atoms with van der Waals surface area (Å²) in [5.74, 6) is 0.304. The third-order valence-corrected chi connectivity index (χ3v) is 3.30. The summed E-state index contributed by atoms with van der Waals surface area (Å²) in [6.45, 7) is 1.14. The maximum Gasteiger partial charge on any atom is 0.344 e. The quantitative estimate of drug-likeness (QED) is 0.760. The largest absolute Gasteiger partial charge is 0.497 e. The number of aromatic nitrogens is 1. The van der Waals surface area contributed by atoms with Crippen molar-refractivity contribution >= 4 is 29.3 Å². The Morgan fingerprint density at radius 2 is 1.84 bits per heavy atom. The van der Waals surface area contributed by atoms with Crippen molar-refractivity contribution in [3.63, 3.8) is 0 Å². The number of carbonyl (C=O) groups is 2. The van der Waals surface area contributed by atoms with E-state index >= 15 is 0 Å². The second-order valence-corrected chi connectivity index (χ2v) is 5.38. The lowest BCUT2D eigenvalue weighted by atomic mass is 10.3. The molecule has 1 heterocycles. The number of amides is 1. The van der Waals surface area contributed by atoms with Gasteiger partial charge in [0.05, 0.1) is 12.1 Å². The molecule has 132 valence electrons. The number of pyridine rings is 1. The van der Waals surface area contributed by atoms with E-state index in [1.165, 1.54) is 13.1 Å². The lowest BCUT2D eigenvalue weighted by molar-refractivity contribution is -0.155. The summed E-state index contributed by atoms with van der Waals surface area (Å²) in [6.07, 6.45) is 0.403. The first kappa shape index (κ1) is 18.5. The van der Waals surface area contributed by atoms with E-state index in [1.54, 1.807) is 43.5 Å².